The molecular formula is C13H16N2. The maximum absolute atomic E-state index is 9.09. The molecule has 2 rings (SSSR count). The van der Waals surface area contributed by atoms with Gasteiger partial charge in [-0.1, -0.05) is 12.5 Å². The Labute approximate surface area is 91.0 Å². The van der Waals surface area contributed by atoms with Crippen molar-refractivity contribution in [2.24, 2.45) is 5.92 Å². The van der Waals surface area contributed by atoms with Crippen LogP contribution in [0.2, 0.25) is 0 Å². The molecule has 0 bridgehead atoms. The summed E-state index contributed by atoms with van der Waals surface area (Å²) in [5.74, 6) is 0.0700. The van der Waals surface area contributed by atoms with Gasteiger partial charge in [0.15, 0.2) is 0 Å². The average Bonchev–Trinajstić information content (AvgIpc) is 2.16. The highest BCUT2D eigenvalue weighted by Gasteiger charge is 2.44. The zero-order valence-electron chi connectivity index (χ0n) is 9.33. The van der Waals surface area contributed by atoms with Crippen LogP contribution in [0.5, 0.6) is 0 Å². The van der Waals surface area contributed by atoms with Crippen molar-refractivity contribution in [3.63, 3.8) is 0 Å². The molecule has 0 spiro atoms. The van der Waals surface area contributed by atoms with Gasteiger partial charge >= 0.3 is 0 Å². The molecular weight excluding hydrogens is 184 g/mol. The molecule has 1 unspecified atom stereocenters. The molecule has 0 N–H and O–H groups in total. The maximum atomic E-state index is 9.09. The van der Waals surface area contributed by atoms with E-state index in [-0.39, 0.29) is 11.3 Å². The molecule has 1 fully saturated rings. The van der Waals surface area contributed by atoms with E-state index >= 15 is 0 Å². The second kappa shape index (κ2) is 3.66. The van der Waals surface area contributed by atoms with Crippen LogP contribution < -0.4 is 0 Å². The Kier molecular flexibility index (Phi) is 2.48. The van der Waals surface area contributed by atoms with Gasteiger partial charge in [-0.05, 0) is 38.8 Å². The highest BCUT2D eigenvalue weighted by Crippen LogP contribution is 2.48. The van der Waals surface area contributed by atoms with Crippen LogP contribution in [0.1, 0.15) is 37.6 Å². The maximum Gasteiger partial charge on any atom is 0.0662 e. The van der Waals surface area contributed by atoms with Crippen LogP contribution in [0, 0.1) is 24.2 Å². The number of aryl methyl sites for hydroxylation is 1. The van der Waals surface area contributed by atoms with Crippen molar-refractivity contribution in [3.05, 3.63) is 29.6 Å². The van der Waals surface area contributed by atoms with Crippen molar-refractivity contribution in [2.75, 3.05) is 0 Å². The summed E-state index contributed by atoms with van der Waals surface area (Å²) in [6.45, 7) is 4.02. The third-order valence-corrected chi connectivity index (χ3v) is 3.67. The number of hydrogen-bond donors (Lipinski definition) is 0. The first-order chi connectivity index (χ1) is 7.19. The topological polar surface area (TPSA) is 36.7 Å². The number of hydrogen-bond acceptors (Lipinski definition) is 2. The molecule has 1 atom stereocenters. The first kappa shape index (κ1) is 10.2. The summed E-state index contributed by atoms with van der Waals surface area (Å²) >= 11 is 0. The van der Waals surface area contributed by atoms with Crippen LogP contribution in [0.4, 0.5) is 0 Å². The SMILES string of the molecule is Cc1cccc(C2(C(C)C#N)CCC2)n1. The molecule has 1 heterocycles. The highest BCUT2D eigenvalue weighted by molar-refractivity contribution is 5.26. The Morgan fingerprint density at radius 3 is 2.67 bits per heavy atom. The molecule has 0 aromatic carbocycles. The molecule has 1 saturated carbocycles. The number of nitriles is 1. The number of nitrogens with zero attached hydrogens (tertiary/aromatic N) is 2. The van der Waals surface area contributed by atoms with E-state index in [1.807, 2.05) is 26.0 Å². The second-order valence-corrected chi connectivity index (χ2v) is 4.52. The van der Waals surface area contributed by atoms with Gasteiger partial charge in [-0.25, -0.2) is 0 Å². The van der Waals surface area contributed by atoms with Crippen molar-refractivity contribution in [1.29, 1.82) is 5.26 Å². The quantitative estimate of drug-likeness (QED) is 0.736. The summed E-state index contributed by atoms with van der Waals surface area (Å²) < 4.78 is 0. The van der Waals surface area contributed by atoms with Gasteiger partial charge in [0.1, 0.15) is 0 Å². The van der Waals surface area contributed by atoms with E-state index in [0.717, 1.165) is 24.2 Å². The van der Waals surface area contributed by atoms with E-state index < -0.39 is 0 Å². The Bertz CT molecular complexity index is 399. The standard InChI is InChI=1S/C13H16N2/c1-10(9-14)13(7-4-8-13)12-6-3-5-11(2)15-12/h3,5-6,10H,4,7-8H2,1-2H3. The summed E-state index contributed by atoms with van der Waals surface area (Å²) in [4.78, 5) is 4.59. The van der Waals surface area contributed by atoms with Crippen molar-refractivity contribution < 1.29 is 0 Å². The summed E-state index contributed by atoms with van der Waals surface area (Å²) in [5.41, 5.74) is 2.20. The van der Waals surface area contributed by atoms with Crippen LogP contribution >= 0.6 is 0 Å². The van der Waals surface area contributed by atoms with Gasteiger partial charge in [0, 0.05) is 16.8 Å². The van der Waals surface area contributed by atoms with Gasteiger partial charge in [-0.2, -0.15) is 5.26 Å². The summed E-state index contributed by atoms with van der Waals surface area (Å²) in [6.07, 6.45) is 3.44. The smallest absolute Gasteiger partial charge is 0.0662 e. The third kappa shape index (κ3) is 1.52. The summed E-state index contributed by atoms with van der Waals surface area (Å²) in [7, 11) is 0. The van der Waals surface area contributed by atoms with Gasteiger partial charge in [-0.15, -0.1) is 0 Å². The minimum Gasteiger partial charge on any atom is -0.258 e. The van der Waals surface area contributed by atoms with E-state index in [4.69, 9.17) is 5.26 Å². The average molecular weight is 200 g/mol. The molecule has 2 nitrogen and oxygen atoms in total. The number of pyridine rings is 1. The Balaban J connectivity index is 2.39. The summed E-state index contributed by atoms with van der Waals surface area (Å²) in [6, 6.07) is 8.51. The lowest BCUT2D eigenvalue weighted by atomic mass is 9.60. The van der Waals surface area contributed by atoms with Gasteiger partial charge in [0.05, 0.1) is 12.0 Å². The molecule has 1 aliphatic rings. The van der Waals surface area contributed by atoms with E-state index in [9.17, 15) is 0 Å². The molecule has 1 aliphatic carbocycles. The van der Waals surface area contributed by atoms with Gasteiger partial charge in [0.2, 0.25) is 0 Å². The predicted molar refractivity (Wildman–Crippen MR) is 59.3 cm³/mol. The van der Waals surface area contributed by atoms with Gasteiger partial charge in [-0.3, -0.25) is 4.98 Å². The lowest BCUT2D eigenvalue weighted by Gasteiger charge is -2.43. The molecule has 1 aromatic rings. The van der Waals surface area contributed by atoms with Crippen LogP contribution in [-0.4, -0.2) is 4.98 Å². The van der Waals surface area contributed by atoms with E-state index in [1.54, 1.807) is 0 Å². The fourth-order valence-electron chi connectivity index (χ4n) is 2.41. The molecule has 0 aliphatic heterocycles. The lowest BCUT2D eigenvalue weighted by Crippen LogP contribution is -2.40. The van der Waals surface area contributed by atoms with E-state index in [1.165, 1.54) is 6.42 Å². The molecule has 15 heavy (non-hydrogen) atoms. The van der Waals surface area contributed by atoms with Crippen LogP contribution in [0.25, 0.3) is 0 Å². The Hall–Kier alpha value is -1.36. The Morgan fingerprint density at radius 1 is 1.47 bits per heavy atom. The van der Waals surface area contributed by atoms with E-state index in [0.29, 0.717) is 0 Å². The van der Waals surface area contributed by atoms with Crippen molar-refractivity contribution in [1.82, 2.24) is 4.98 Å². The zero-order chi connectivity index (χ0) is 10.9. The fraction of sp³-hybridized carbons (Fsp3) is 0.538. The minimum absolute atomic E-state index is 0.0424. The van der Waals surface area contributed by atoms with E-state index in [2.05, 4.69) is 17.1 Å². The third-order valence-electron chi connectivity index (χ3n) is 3.67. The summed E-state index contributed by atoms with van der Waals surface area (Å²) in [5, 5.41) is 9.09. The molecule has 78 valence electrons. The van der Waals surface area contributed by atoms with Crippen molar-refractivity contribution >= 4 is 0 Å². The largest absolute Gasteiger partial charge is 0.258 e. The second-order valence-electron chi connectivity index (χ2n) is 4.52. The van der Waals surface area contributed by atoms with Gasteiger partial charge < -0.3 is 0 Å². The molecule has 1 aromatic heterocycles. The number of aromatic nitrogens is 1. The highest BCUT2D eigenvalue weighted by atomic mass is 14.7. The molecule has 2 heteroatoms. The van der Waals surface area contributed by atoms with Crippen LogP contribution in [0.3, 0.4) is 0 Å². The molecule has 0 amide bonds. The molecule has 0 radical (unpaired) electrons. The first-order valence-corrected chi connectivity index (χ1v) is 5.53. The van der Waals surface area contributed by atoms with Crippen molar-refractivity contribution in [2.45, 2.75) is 38.5 Å². The predicted octanol–water partition coefficient (Wildman–Crippen LogP) is 2.97. The van der Waals surface area contributed by atoms with Crippen molar-refractivity contribution in [3.8, 4) is 6.07 Å². The minimum atomic E-state index is 0.0424. The van der Waals surface area contributed by atoms with Crippen LogP contribution in [0.15, 0.2) is 18.2 Å². The Morgan fingerprint density at radius 2 is 2.20 bits per heavy atom. The molecule has 0 saturated heterocycles. The lowest BCUT2D eigenvalue weighted by molar-refractivity contribution is 0.185. The fourth-order valence-corrected chi connectivity index (χ4v) is 2.41. The monoisotopic (exact) mass is 200 g/mol. The normalized spacial score (nSPS) is 20.1. The van der Waals surface area contributed by atoms with Crippen LogP contribution in [-0.2, 0) is 5.41 Å². The number of rotatable bonds is 2. The zero-order valence-corrected chi connectivity index (χ0v) is 9.33. The van der Waals surface area contributed by atoms with Gasteiger partial charge in [0.25, 0.3) is 0 Å². The first-order valence-electron chi connectivity index (χ1n) is 5.53.